The maximum atomic E-state index is 15.1. The summed E-state index contributed by atoms with van der Waals surface area (Å²) in [6.07, 6.45) is 1.61. The van der Waals surface area contributed by atoms with Gasteiger partial charge in [-0.15, -0.1) is 0 Å². The van der Waals surface area contributed by atoms with Crippen molar-refractivity contribution in [1.82, 2.24) is 9.97 Å². The van der Waals surface area contributed by atoms with Crippen LogP contribution in [0.25, 0.3) is 11.0 Å². The normalized spacial score (nSPS) is 10.4. The SMILES string of the molecule is COc1cc(N(CC#N)Cc2cnc3ccccc3n2)c(F)c(OC)c1OC. The van der Waals surface area contributed by atoms with Crippen LogP contribution in [0, 0.1) is 17.1 Å². The van der Waals surface area contributed by atoms with Crippen LogP contribution >= 0.6 is 0 Å². The number of methoxy groups -OCH3 is 3. The van der Waals surface area contributed by atoms with Crippen LogP contribution in [0.1, 0.15) is 5.69 Å². The highest BCUT2D eigenvalue weighted by Gasteiger charge is 2.24. The Balaban J connectivity index is 2.05. The lowest BCUT2D eigenvalue weighted by atomic mass is 10.2. The summed E-state index contributed by atoms with van der Waals surface area (Å²) in [5.74, 6) is -0.300. The first-order valence-electron chi connectivity index (χ1n) is 8.44. The first kappa shape index (κ1) is 19.2. The Morgan fingerprint density at radius 1 is 1.07 bits per heavy atom. The average molecular weight is 382 g/mol. The number of hydrogen-bond acceptors (Lipinski definition) is 7. The number of aromatic nitrogens is 2. The Labute approximate surface area is 161 Å². The molecule has 1 aromatic heterocycles. The van der Waals surface area contributed by atoms with E-state index in [9.17, 15) is 5.26 Å². The Kier molecular flexibility index (Phi) is 5.75. The minimum atomic E-state index is -0.649. The molecule has 0 unspecified atom stereocenters. The zero-order chi connectivity index (χ0) is 20.1. The molecule has 0 bridgehead atoms. The quantitative estimate of drug-likeness (QED) is 0.580. The number of rotatable bonds is 7. The molecule has 1 heterocycles. The van der Waals surface area contributed by atoms with Crippen molar-refractivity contribution in [2.24, 2.45) is 0 Å². The smallest absolute Gasteiger partial charge is 0.206 e. The van der Waals surface area contributed by atoms with E-state index in [-0.39, 0.29) is 30.3 Å². The third-order valence-corrected chi connectivity index (χ3v) is 4.20. The first-order valence-corrected chi connectivity index (χ1v) is 8.44. The molecule has 7 nitrogen and oxygen atoms in total. The molecule has 144 valence electrons. The molecule has 0 fully saturated rings. The predicted octanol–water partition coefficient (Wildman–Crippen LogP) is 3.32. The van der Waals surface area contributed by atoms with Crippen LogP contribution in [0.5, 0.6) is 17.2 Å². The topological polar surface area (TPSA) is 80.5 Å². The first-order chi connectivity index (χ1) is 13.6. The van der Waals surface area contributed by atoms with Crippen molar-refractivity contribution in [1.29, 1.82) is 5.26 Å². The number of benzene rings is 2. The Morgan fingerprint density at radius 2 is 1.79 bits per heavy atom. The summed E-state index contributed by atoms with van der Waals surface area (Å²) >= 11 is 0. The maximum absolute atomic E-state index is 15.1. The lowest BCUT2D eigenvalue weighted by Crippen LogP contribution is -2.25. The van der Waals surface area contributed by atoms with E-state index in [0.29, 0.717) is 11.4 Å². The van der Waals surface area contributed by atoms with Gasteiger partial charge in [0.15, 0.2) is 11.6 Å². The number of para-hydroxylation sites is 2. The lowest BCUT2D eigenvalue weighted by molar-refractivity contribution is 0.313. The molecule has 0 saturated carbocycles. The van der Waals surface area contributed by atoms with Gasteiger partial charge in [0.1, 0.15) is 6.54 Å². The van der Waals surface area contributed by atoms with Crippen LogP contribution in [0.2, 0.25) is 0 Å². The van der Waals surface area contributed by atoms with Crippen LogP contribution in [0.3, 0.4) is 0 Å². The van der Waals surface area contributed by atoms with E-state index in [1.54, 1.807) is 11.1 Å². The molecule has 0 aliphatic carbocycles. The van der Waals surface area contributed by atoms with Crippen molar-refractivity contribution in [3.63, 3.8) is 0 Å². The van der Waals surface area contributed by atoms with Crippen LogP contribution in [-0.2, 0) is 6.54 Å². The molecule has 0 spiro atoms. The molecule has 0 aliphatic rings. The van der Waals surface area contributed by atoms with Crippen molar-refractivity contribution in [3.05, 3.63) is 48.0 Å². The minimum absolute atomic E-state index is 0.0654. The van der Waals surface area contributed by atoms with E-state index >= 15 is 4.39 Å². The van der Waals surface area contributed by atoms with Crippen LogP contribution in [0.15, 0.2) is 36.5 Å². The van der Waals surface area contributed by atoms with Gasteiger partial charge < -0.3 is 19.1 Å². The second kappa shape index (κ2) is 8.39. The molecule has 3 rings (SSSR count). The number of anilines is 1. The fourth-order valence-corrected chi connectivity index (χ4v) is 2.92. The van der Waals surface area contributed by atoms with E-state index < -0.39 is 5.82 Å². The van der Waals surface area contributed by atoms with E-state index in [1.165, 1.54) is 27.4 Å². The molecular formula is C20H19FN4O3. The van der Waals surface area contributed by atoms with Crippen molar-refractivity contribution < 1.29 is 18.6 Å². The molecule has 0 amide bonds. The predicted molar refractivity (Wildman–Crippen MR) is 102 cm³/mol. The molecular weight excluding hydrogens is 363 g/mol. The summed E-state index contributed by atoms with van der Waals surface area (Å²) in [5.41, 5.74) is 2.23. The fraction of sp³-hybridized carbons (Fsp3) is 0.250. The Morgan fingerprint density at radius 3 is 2.43 bits per heavy atom. The number of ether oxygens (including phenoxy) is 3. The molecule has 2 aromatic carbocycles. The Bertz CT molecular complexity index is 1040. The van der Waals surface area contributed by atoms with Gasteiger partial charge in [-0.05, 0) is 12.1 Å². The van der Waals surface area contributed by atoms with E-state index in [0.717, 1.165) is 11.0 Å². The molecule has 28 heavy (non-hydrogen) atoms. The second-order valence-electron chi connectivity index (χ2n) is 5.84. The van der Waals surface area contributed by atoms with Gasteiger partial charge in [-0.1, -0.05) is 12.1 Å². The number of halogens is 1. The van der Waals surface area contributed by atoms with Crippen LogP contribution < -0.4 is 19.1 Å². The van der Waals surface area contributed by atoms with Gasteiger partial charge in [-0.2, -0.15) is 5.26 Å². The van der Waals surface area contributed by atoms with Crippen molar-refractivity contribution in [3.8, 4) is 23.3 Å². The fourth-order valence-electron chi connectivity index (χ4n) is 2.92. The van der Waals surface area contributed by atoms with E-state index in [1.807, 2.05) is 24.3 Å². The molecule has 0 aliphatic heterocycles. The summed E-state index contributed by atoms with van der Waals surface area (Å²) in [7, 11) is 4.19. The van der Waals surface area contributed by atoms with Gasteiger partial charge in [0.25, 0.3) is 0 Å². The lowest BCUT2D eigenvalue weighted by Gasteiger charge is -2.24. The van der Waals surface area contributed by atoms with E-state index in [4.69, 9.17) is 14.2 Å². The van der Waals surface area contributed by atoms with E-state index in [2.05, 4.69) is 16.0 Å². The molecule has 8 heteroatoms. The van der Waals surface area contributed by atoms with Crippen molar-refractivity contribution in [2.75, 3.05) is 32.8 Å². The number of fused-ring (bicyclic) bond motifs is 1. The molecule has 3 aromatic rings. The highest BCUT2D eigenvalue weighted by molar-refractivity contribution is 5.73. The second-order valence-corrected chi connectivity index (χ2v) is 5.84. The third kappa shape index (κ3) is 3.60. The monoisotopic (exact) mass is 382 g/mol. The summed E-state index contributed by atoms with van der Waals surface area (Å²) < 4.78 is 30.8. The largest absolute Gasteiger partial charge is 0.493 e. The number of nitrogens with zero attached hydrogens (tertiary/aromatic N) is 4. The molecule has 0 saturated heterocycles. The zero-order valence-corrected chi connectivity index (χ0v) is 15.8. The summed E-state index contributed by atoms with van der Waals surface area (Å²) in [5, 5.41) is 9.26. The van der Waals surface area contributed by atoms with Crippen molar-refractivity contribution in [2.45, 2.75) is 6.54 Å². The number of hydrogen-bond donors (Lipinski definition) is 0. The van der Waals surface area contributed by atoms with Gasteiger partial charge in [-0.25, -0.2) is 9.37 Å². The third-order valence-electron chi connectivity index (χ3n) is 4.20. The molecule has 0 radical (unpaired) electrons. The standard InChI is InChI=1S/C20H19FN4O3/c1-26-17-10-16(18(21)20(28-3)19(17)27-2)25(9-8-22)12-13-11-23-14-6-4-5-7-15(14)24-13/h4-7,10-11H,9,12H2,1-3H3. The van der Waals surface area contributed by atoms with Crippen molar-refractivity contribution >= 4 is 16.7 Å². The maximum Gasteiger partial charge on any atom is 0.206 e. The van der Waals surface area contributed by atoms with Gasteiger partial charge in [0.05, 0.1) is 62.6 Å². The highest BCUT2D eigenvalue weighted by atomic mass is 19.1. The number of nitriles is 1. The van der Waals surface area contributed by atoms with Crippen LogP contribution in [-0.4, -0.2) is 37.8 Å². The average Bonchev–Trinajstić information content (AvgIpc) is 2.72. The molecule has 0 atom stereocenters. The van der Waals surface area contributed by atoms with Gasteiger partial charge in [0, 0.05) is 6.07 Å². The van der Waals surface area contributed by atoms with Gasteiger partial charge >= 0.3 is 0 Å². The molecule has 0 N–H and O–H groups in total. The summed E-state index contributed by atoms with van der Waals surface area (Å²) in [6, 6.07) is 11.0. The van der Waals surface area contributed by atoms with Gasteiger partial charge in [-0.3, -0.25) is 4.98 Å². The highest BCUT2D eigenvalue weighted by Crippen LogP contribution is 2.44. The van der Waals surface area contributed by atoms with Crippen LogP contribution in [0.4, 0.5) is 10.1 Å². The summed E-state index contributed by atoms with van der Waals surface area (Å²) in [6.45, 7) is 0.116. The van der Waals surface area contributed by atoms with Gasteiger partial charge in [0.2, 0.25) is 11.5 Å². The zero-order valence-electron chi connectivity index (χ0n) is 15.8. The Hall–Kier alpha value is -3.60. The summed E-state index contributed by atoms with van der Waals surface area (Å²) in [4.78, 5) is 10.5. The minimum Gasteiger partial charge on any atom is -0.493 e.